The van der Waals surface area contributed by atoms with Crippen LogP contribution in [0.1, 0.15) is 0 Å². The molecule has 1 aliphatic rings. The predicted molar refractivity (Wildman–Crippen MR) is 96.9 cm³/mol. The first-order valence-corrected chi connectivity index (χ1v) is 8.26. The van der Waals surface area contributed by atoms with Crippen molar-refractivity contribution in [3.8, 4) is 0 Å². The molecule has 0 saturated heterocycles. The van der Waals surface area contributed by atoms with E-state index < -0.39 is 17.6 Å². The van der Waals surface area contributed by atoms with Gasteiger partial charge in [-0.2, -0.15) is 0 Å². The van der Waals surface area contributed by atoms with E-state index in [0.29, 0.717) is 10.7 Å². The van der Waals surface area contributed by atoms with Crippen molar-refractivity contribution in [2.75, 3.05) is 10.2 Å². The molecular formula is C16H7Cl4FN2O2. The van der Waals surface area contributed by atoms with Gasteiger partial charge in [0.05, 0.1) is 15.7 Å². The molecule has 0 atom stereocenters. The minimum atomic E-state index is -0.744. The zero-order chi connectivity index (χ0) is 18.3. The van der Waals surface area contributed by atoms with E-state index in [0.717, 1.165) is 11.0 Å². The Morgan fingerprint density at radius 3 is 2.24 bits per heavy atom. The summed E-state index contributed by atoms with van der Waals surface area (Å²) in [5.74, 6) is -2.07. The second-order valence-corrected chi connectivity index (χ2v) is 6.61. The summed E-state index contributed by atoms with van der Waals surface area (Å²) in [5.41, 5.74) is 0.276. The number of hydrogen-bond donors (Lipinski definition) is 1. The second-order valence-electron chi connectivity index (χ2n) is 4.98. The number of amides is 2. The highest BCUT2D eigenvalue weighted by Gasteiger charge is 2.39. The lowest BCUT2D eigenvalue weighted by Gasteiger charge is -2.16. The number of nitrogens with one attached hydrogen (secondary N) is 1. The van der Waals surface area contributed by atoms with E-state index in [-0.39, 0.29) is 26.5 Å². The van der Waals surface area contributed by atoms with Crippen LogP contribution in [-0.4, -0.2) is 11.8 Å². The Balaban J connectivity index is 1.95. The van der Waals surface area contributed by atoms with Crippen molar-refractivity contribution in [1.82, 2.24) is 0 Å². The van der Waals surface area contributed by atoms with Gasteiger partial charge in [0, 0.05) is 10.7 Å². The van der Waals surface area contributed by atoms with Crippen molar-refractivity contribution in [1.29, 1.82) is 0 Å². The van der Waals surface area contributed by atoms with Crippen LogP contribution in [-0.2, 0) is 9.59 Å². The summed E-state index contributed by atoms with van der Waals surface area (Å²) in [7, 11) is 0. The molecule has 1 N–H and O–H groups in total. The quantitative estimate of drug-likeness (QED) is 0.693. The number of benzene rings is 2. The van der Waals surface area contributed by atoms with Gasteiger partial charge in [-0.1, -0.05) is 46.4 Å². The Labute approximate surface area is 161 Å². The van der Waals surface area contributed by atoms with Crippen LogP contribution in [0.25, 0.3) is 0 Å². The third kappa shape index (κ3) is 3.33. The maximum atomic E-state index is 13.2. The normalized spacial score (nSPS) is 14.5. The van der Waals surface area contributed by atoms with E-state index in [4.69, 9.17) is 46.4 Å². The molecule has 0 radical (unpaired) electrons. The number of rotatable bonds is 3. The molecule has 2 amide bonds. The van der Waals surface area contributed by atoms with Gasteiger partial charge >= 0.3 is 0 Å². The fourth-order valence-corrected chi connectivity index (χ4v) is 3.10. The number of carbonyl (C=O) groups excluding carboxylic acids is 2. The number of hydrogen-bond acceptors (Lipinski definition) is 3. The van der Waals surface area contributed by atoms with Gasteiger partial charge in [0.1, 0.15) is 16.5 Å². The topological polar surface area (TPSA) is 49.4 Å². The van der Waals surface area contributed by atoms with Gasteiger partial charge in [0.25, 0.3) is 11.8 Å². The Morgan fingerprint density at radius 1 is 0.880 bits per heavy atom. The maximum absolute atomic E-state index is 13.2. The van der Waals surface area contributed by atoms with Crippen molar-refractivity contribution < 1.29 is 14.0 Å². The second kappa shape index (κ2) is 6.84. The molecule has 0 spiro atoms. The monoisotopic (exact) mass is 418 g/mol. The van der Waals surface area contributed by atoms with Gasteiger partial charge in [0.2, 0.25) is 0 Å². The summed E-state index contributed by atoms with van der Waals surface area (Å²) in [6.45, 7) is 0. The summed E-state index contributed by atoms with van der Waals surface area (Å²) in [4.78, 5) is 25.8. The van der Waals surface area contributed by atoms with Crippen LogP contribution in [0.3, 0.4) is 0 Å². The Morgan fingerprint density at radius 2 is 1.60 bits per heavy atom. The van der Waals surface area contributed by atoms with Crippen LogP contribution in [0, 0.1) is 5.82 Å². The molecule has 0 unspecified atom stereocenters. The molecule has 0 fully saturated rings. The van der Waals surface area contributed by atoms with Crippen molar-refractivity contribution in [3.05, 3.63) is 68.0 Å². The van der Waals surface area contributed by atoms with Crippen LogP contribution in [0.2, 0.25) is 15.1 Å². The fourth-order valence-electron chi connectivity index (χ4n) is 2.21. The zero-order valence-electron chi connectivity index (χ0n) is 12.1. The highest BCUT2D eigenvalue weighted by atomic mass is 35.5. The van der Waals surface area contributed by atoms with E-state index in [2.05, 4.69) is 5.32 Å². The molecule has 0 saturated carbocycles. The van der Waals surface area contributed by atoms with Crippen molar-refractivity contribution in [2.45, 2.75) is 0 Å². The number of carbonyl (C=O) groups is 2. The molecule has 2 aromatic rings. The van der Waals surface area contributed by atoms with Crippen LogP contribution < -0.4 is 10.2 Å². The minimum absolute atomic E-state index is 0.116. The largest absolute Gasteiger partial charge is 0.350 e. The molecular weight excluding hydrogens is 413 g/mol. The standard InChI is InChI=1S/C16H7Cl4FN2O2/c17-7-1-4-12(10(19)5-7)23-15(24)13(20)14(16(23)25)22-8-2-3-11(21)9(18)6-8/h1-6,22H. The summed E-state index contributed by atoms with van der Waals surface area (Å²) in [6.07, 6.45) is 0. The Kier molecular flexibility index (Phi) is 4.93. The van der Waals surface area contributed by atoms with Gasteiger partial charge in [-0.3, -0.25) is 9.59 Å². The van der Waals surface area contributed by atoms with Crippen molar-refractivity contribution in [2.24, 2.45) is 0 Å². The first kappa shape index (κ1) is 18.0. The van der Waals surface area contributed by atoms with E-state index in [9.17, 15) is 14.0 Å². The molecule has 0 aliphatic carbocycles. The maximum Gasteiger partial charge on any atom is 0.283 e. The molecule has 1 heterocycles. The number of halogens is 5. The first-order valence-electron chi connectivity index (χ1n) is 6.75. The number of imide groups is 1. The number of anilines is 2. The highest BCUT2D eigenvalue weighted by molar-refractivity contribution is 6.54. The van der Waals surface area contributed by atoms with E-state index in [1.54, 1.807) is 0 Å². The molecule has 4 nitrogen and oxygen atoms in total. The highest BCUT2D eigenvalue weighted by Crippen LogP contribution is 2.35. The average Bonchev–Trinajstić information content (AvgIpc) is 2.75. The lowest BCUT2D eigenvalue weighted by molar-refractivity contribution is -0.120. The molecule has 0 aromatic heterocycles. The van der Waals surface area contributed by atoms with Gasteiger partial charge in [0.15, 0.2) is 0 Å². The fraction of sp³-hybridized carbons (Fsp3) is 0. The Hall–Kier alpha value is -1.79. The molecule has 2 aromatic carbocycles. The van der Waals surface area contributed by atoms with Gasteiger partial charge < -0.3 is 5.32 Å². The van der Waals surface area contributed by atoms with E-state index in [1.807, 2.05) is 0 Å². The average molecular weight is 420 g/mol. The SMILES string of the molecule is O=C1C(Cl)=C(Nc2ccc(F)c(Cl)c2)C(=O)N1c1ccc(Cl)cc1Cl. The van der Waals surface area contributed by atoms with E-state index in [1.165, 1.54) is 30.3 Å². The lowest BCUT2D eigenvalue weighted by atomic mass is 10.2. The van der Waals surface area contributed by atoms with Gasteiger partial charge in [-0.05, 0) is 36.4 Å². The Bertz CT molecular complexity index is 946. The van der Waals surface area contributed by atoms with Gasteiger partial charge in [-0.25, -0.2) is 9.29 Å². The third-order valence-corrected chi connectivity index (χ3v) is 4.54. The molecule has 128 valence electrons. The molecule has 1 aliphatic heterocycles. The van der Waals surface area contributed by atoms with Gasteiger partial charge in [-0.15, -0.1) is 0 Å². The van der Waals surface area contributed by atoms with Crippen LogP contribution in [0.4, 0.5) is 15.8 Å². The lowest BCUT2D eigenvalue weighted by Crippen LogP contribution is -2.32. The summed E-state index contributed by atoms with van der Waals surface area (Å²) < 4.78 is 13.2. The molecule has 25 heavy (non-hydrogen) atoms. The third-order valence-electron chi connectivity index (χ3n) is 3.37. The van der Waals surface area contributed by atoms with Crippen molar-refractivity contribution in [3.63, 3.8) is 0 Å². The summed E-state index contributed by atoms with van der Waals surface area (Å²) in [6, 6.07) is 8.06. The van der Waals surface area contributed by atoms with Crippen LogP contribution in [0.5, 0.6) is 0 Å². The summed E-state index contributed by atoms with van der Waals surface area (Å²) >= 11 is 23.6. The van der Waals surface area contributed by atoms with Crippen LogP contribution >= 0.6 is 46.4 Å². The minimum Gasteiger partial charge on any atom is -0.350 e. The van der Waals surface area contributed by atoms with E-state index >= 15 is 0 Å². The zero-order valence-corrected chi connectivity index (χ0v) is 15.1. The molecule has 3 rings (SSSR count). The summed E-state index contributed by atoms with van der Waals surface area (Å²) in [5, 5.41) is 2.69. The van der Waals surface area contributed by atoms with Crippen molar-refractivity contribution >= 4 is 69.6 Å². The molecule has 9 heteroatoms. The van der Waals surface area contributed by atoms with Crippen LogP contribution in [0.15, 0.2) is 47.1 Å². The first-order chi connectivity index (χ1) is 11.8. The number of nitrogens with zero attached hydrogens (tertiary/aromatic N) is 1. The smallest absolute Gasteiger partial charge is 0.283 e. The molecule has 0 bridgehead atoms. The predicted octanol–water partition coefficient (Wildman–Crippen LogP) is 5.22.